The van der Waals surface area contributed by atoms with Gasteiger partial charge >= 0.3 is 0 Å². The van der Waals surface area contributed by atoms with Crippen molar-refractivity contribution in [3.8, 4) is 11.8 Å². The number of amides is 1. The number of carbonyl (C=O) groups excluding carboxylic acids is 1. The second-order valence-electron chi connectivity index (χ2n) is 7.62. The molecule has 1 atom stereocenters. The van der Waals surface area contributed by atoms with Gasteiger partial charge in [0, 0.05) is 6.54 Å². The van der Waals surface area contributed by atoms with Crippen molar-refractivity contribution < 1.29 is 4.79 Å². The Morgan fingerprint density at radius 1 is 1.06 bits per heavy atom. The molecular weight excluding hydrogens is 432 g/mol. The van der Waals surface area contributed by atoms with E-state index in [1.807, 2.05) is 36.4 Å². The lowest BCUT2D eigenvalue weighted by Gasteiger charge is -2.15. The van der Waals surface area contributed by atoms with Crippen molar-refractivity contribution in [2.45, 2.75) is 18.0 Å². The molecule has 0 bridgehead atoms. The molecule has 0 radical (unpaired) electrons. The van der Waals surface area contributed by atoms with Crippen LogP contribution in [0.25, 0.3) is 16.6 Å². The third kappa shape index (κ3) is 5.13. The Bertz CT molecular complexity index is 1380. The van der Waals surface area contributed by atoms with Gasteiger partial charge in [0.05, 0.1) is 34.0 Å². The van der Waals surface area contributed by atoms with Crippen LogP contribution in [-0.2, 0) is 4.79 Å². The molecule has 6 nitrogen and oxygen atoms in total. The van der Waals surface area contributed by atoms with E-state index in [0.29, 0.717) is 33.9 Å². The van der Waals surface area contributed by atoms with Gasteiger partial charge in [0.25, 0.3) is 5.56 Å². The first kappa shape index (κ1) is 22.3. The Labute approximate surface area is 195 Å². The van der Waals surface area contributed by atoms with E-state index in [4.69, 9.17) is 5.26 Å². The van der Waals surface area contributed by atoms with Crippen molar-refractivity contribution in [1.29, 1.82) is 5.26 Å². The van der Waals surface area contributed by atoms with E-state index < -0.39 is 0 Å². The minimum absolute atomic E-state index is 0.128. The number of benzene rings is 3. The first-order valence-corrected chi connectivity index (χ1v) is 11.5. The molecule has 0 aliphatic heterocycles. The molecule has 1 aromatic heterocycles. The lowest BCUT2D eigenvalue weighted by atomic mass is 10.0. The lowest BCUT2D eigenvalue weighted by Crippen LogP contribution is -2.29. The highest BCUT2D eigenvalue weighted by Crippen LogP contribution is 2.22. The van der Waals surface area contributed by atoms with Crippen LogP contribution in [0, 0.1) is 11.3 Å². The molecule has 0 saturated heterocycles. The number of rotatable bonds is 7. The van der Waals surface area contributed by atoms with Gasteiger partial charge < -0.3 is 5.32 Å². The predicted octanol–water partition coefficient (Wildman–Crippen LogP) is 4.27. The van der Waals surface area contributed by atoms with Gasteiger partial charge in [-0.2, -0.15) is 5.26 Å². The molecule has 7 heteroatoms. The van der Waals surface area contributed by atoms with Crippen LogP contribution in [0.2, 0.25) is 0 Å². The molecule has 1 heterocycles. The second-order valence-corrected chi connectivity index (χ2v) is 8.56. The van der Waals surface area contributed by atoms with Gasteiger partial charge in [-0.05, 0) is 47.9 Å². The number of fused-ring (bicyclic) bond motifs is 1. The van der Waals surface area contributed by atoms with Crippen molar-refractivity contribution in [3.63, 3.8) is 0 Å². The van der Waals surface area contributed by atoms with Gasteiger partial charge in [0.15, 0.2) is 5.16 Å². The first-order valence-electron chi connectivity index (χ1n) is 10.5. The van der Waals surface area contributed by atoms with E-state index in [1.165, 1.54) is 16.3 Å². The zero-order valence-electron chi connectivity index (χ0n) is 18.1. The smallest absolute Gasteiger partial charge is 0.266 e. The summed E-state index contributed by atoms with van der Waals surface area (Å²) in [5, 5.41) is 13.0. The predicted molar refractivity (Wildman–Crippen MR) is 131 cm³/mol. The largest absolute Gasteiger partial charge is 0.355 e. The highest BCUT2D eigenvalue weighted by Gasteiger charge is 2.15. The molecule has 3 aromatic carbocycles. The SMILES string of the molecule is CC(CNC(=O)CSc1nc2ccccc2c(=O)n1-c1ccc(C#N)cc1)c1ccccc1. The van der Waals surface area contributed by atoms with Gasteiger partial charge in [0.2, 0.25) is 5.91 Å². The maximum absolute atomic E-state index is 13.3. The summed E-state index contributed by atoms with van der Waals surface area (Å²) in [5.41, 5.74) is 2.62. The number of nitrogens with zero attached hydrogens (tertiary/aromatic N) is 3. The van der Waals surface area contributed by atoms with Crippen LogP contribution in [-0.4, -0.2) is 27.8 Å². The number of aromatic nitrogens is 2. The second kappa shape index (κ2) is 10.2. The Morgan fingerprint density at radius 2 is 1.76 bits per heavy atom. The van der Waals surface area contributed by atoms with Crippen LogP contribution in [0.4, 0.5) is 0 Å². The first-order chi connectivity index (χ1) is 16.1. The minimum atomic E-state index is -0.217. The molecule has 0 aliphatic carbocycles. The molecule has 0 aliphatic rings. The number of nitrogens with one attached hydrogen (secondary N) is 1. The number of hydrogen-bond donors (Lipinski definition) is 1. The molecule has 0 saturated carbocycles. The number of nitriles is 1. The quantitative estimate of drug-likeness (QED) is 0.333. The molecule has 4 aromatic rings. The molecule has 33 heavy (non-hydrogen) atoms. The van der Waals surface area contributed by atoms with Crippen molar-refractivity contribution in [2.24, 2.45) is 0 Å². The van der Waals surface area contributed by atoms with Gasteiger partial charge in [-0.1, -0.05) is 61.2 Å². The molecule has 1 unspecified atom stereocenters. The summed E-state index contributed by atoms with van der Waals surface area (Å²) in [6, 6.07) is 26.0. The van der Waals surface area contributed by atoms with Gasteiger partial charge in [-0.25, -0.2) is 4.98 Å². The minimum Gasteiger partial charge on any atom is -0.355 e. The van der Waals surface area contributed by atoms with E-state index in [1.54, 1.807) is 42.5 Å². The Morgan fingerprint density at radius 3 is 2.48 bits per heavy atom. The zero-order valence-corrected chi connectivity index (χ0v) is 18.9. The normalized spacial score (nSPS) is 11.6. The van der Waals surface area contributed by atoms with Crippen LogP contribution in [0.5, 0.6) is 0 Å². The lowest BCUT2D eigenvalue weighted by molar-refractivity contribution is -0.118. The fourth-order valence-corrected chi connectivity index (χ4v) is 4.31. The van der Waals surface area contributed by atoms with E-state index in [0.717, 1.165) is 5.56 Å². The van der Waals surface area contributed by atoms with Crippen LogP contribution < -0.4 is 10.9 Å². The maximum atomic E-state index is 13.3. The van der Waals surface area contributed by atoms with Crippen molar-refractivity contribution in [1.82, 2.24) is 14.9 Å². The van der Waals surface area contributed by atoms with Gasteiger partial charge in [-0.15, -0.1) is 0 Å². The highest BCUT2D eigenvalue weighted by molar-refractivity contribution is 7.99. The maximum Gasteiger partial charge on any atom is 0.266 e. The Balaban J connectivity index is 1.55. The monoisotopic (exact) mass is 454 g/mol. The van der Waals surface area contributed by atoms with Crippen molar-refractivity contribution >= 4 is 28.6 Å². The average molecular weight is 455 g/mol. The summed E-state index contributed by atoms with van der Waals surface area (Å²) < 4.78 is 1.49. The third-order valence-electron chi connectivity index (χ3n) is 5.31. The van der Waals surface area contributed by atoms with E-state index in [-0.39, 0.29) is 23.1 Å². The Kier molecular flexibility index (Phi) is 6.86. The molecule has 0 spiro atoms. The van der Waals surface area contributed by atoms with E-state index in [2.05, 4.69) is 23.3 Å². The third-order valence-corrected chi connectivity index (χ3v) is 6.24. The molecular formula is C26H22N4O2S. The van der Waals surface area contributed by atoms with Gasteiger partial charge in [0.1, 0.15) is 0 Å². The van der Waals surface area contributed by atoms with Crippen molar-refractivity contribution in [2.75, 3.05) is 12.3 Å². The molecule has 0 fully saturated rings. The number of hydrogen-bond acceptors (Lipinski definition) is 5. The van der Waals surface area contributed by atoms with Gasteiger partial charge in [-0.3, -0.25) is 14.2 Å². The number of carbonyl (C=O) groups is 1. The average Bonchev–Trinajstić information content (AvgIpc) is 2.87. The van der Waals surface area contributed by atoms with Crippen LogP contribution in [0.15, 0.2) is 88.8 Å². The van der Waals surface area contributed by atoms with E-state index in [9.17, 15) is 9.59 Å². The zero-order chi connectivity index (χ0) is 23.2. The van der Waals surface area contributed by atoms with Crippen LogP contribution in [0.1, 0.15) is 24.0 Å². The molecule has 4 rings (SSSR count). The summed E-state index contributed by atoms with van der Waals surface area (Å²) in [4.78, 5) is 30.5. The molecule has 1 amide bonds. The summed E-state index contributed by atoms with van der Waals surface area (Å²) in [7, 11) is 0. The topological polar surface area (TPSA) is 87.8 Å². The van der Waals surface area contributed by atoms with Crippen molar-refractivity contribution in [3.05, 3.63) is 100 Å². The Hall–Kier alpha value is -3.89. The molecule has 164 valence electrons. The fourth-order valence-electron chi connectivity index (χ4n) is 3.47. The summed E-state index contributed by atoms with van der Waals surface area (Å²) in [6.07, 6.45) is 0. The van der Waals surface area contributed by atoms with Crippen LogP contribution in [0.3, 0.4) is 0 Å². The van der Waals surface area contributed by atoms with Crippen LogP contribution >= 0.6 is 11.8 Å². The standard InChI is InChI=1S/C26H22N4O2S/c1-18(20-7-3-2-4-8-20)16-28-24(31)17-33-26-29-23-10-6-5-9-22(23)25(32)30(26)21-13-11-19(15-27)12-14-21/h2-14,18H,16-17H2,1H3,(H,28,31). The molecule has 1 N–H and O–H groups in total. The summed E-state index contributed by atoms with van der Waals surface area (Å²) >= 11 is 1.21. The highest BCUT2D eigenvalue weighted by atomic mass is 32.2. The number of para-hydroxylation sites is 1. The fraction of sp³-hybridized carbons (Fsp3) is 0.154. The van der Waals surface area contributed by atoms with E-state index >= 15 is 0 Å². The number of thioether (sulfide) groups is 1. The summed E-state index contributed by atoms with van der Waals surface area (Å²) in [5.74, 6) is 0.190. The summed E-state index contributed by atoms with van der Waals surface area (Å²) in [6.45, 7) is 2.59.